The van der Waals surface area contributed by atoms with Gasteiger partial charge in [-0.15, -0.1) is 0 Å². The average Bonchev–Trinajstić information content (AvgIpc) is 3.29. The number of aromatic nitrogens is 2. The van der Waals surface area contributed by atoms with Gasteiger partial charge >= 0.3 is 5.97 Å². The highest BCUT2D eigenvalue weighted by molar-refractivity contribution is 6.34. The van der Waals surface area contributed by atoms with Crippen molar-refractivity contribution in [2.24, 2.45) is 5.92 Å². The lowest BCUT2D eigenvalue weighted by Gasteiger charge is -2.30. The van der Waals surface area contributed by atoms with E-state index in [9.17, 15) is 9.59 Å². The van der Waals surface area contributed by atoms with Gasteiger partial charge in [-0.25, -0.2) is 4.79 Å². The van der Waals surface area contributed by atoms with Gasteiger partial charge in [-0.2, -0.15) is 4.98 Å². The van der Waals surface area contributed by atoms with Gasteiger partial charge in [0, 0.05) is 17.1 Å². The summed E-state index contributed by atoms with van der Waals surface area (Å²) in [5.41, 5.74) is 1.62. The number of esters is 1. The minimum atomic E-state index is -0.453. The van der Waals surface area contributed by atoms with Gasteiger partial charge in [0.25, 0.3) is 0 Å². The predicted octanol–water partition coefficient (Wildman–Crippen LogP) is 5.07. The Morgan fingerprint density at radius 3 is 2.74 bits per heavy atom. The third kappa shape index (κ3) is 5.94. The second-order valence-electron chi connectivity index (χ2n) is 8.00. The SMILES string of the molecule is CCOC(=O)c1ccc(NC(=O)C2CCCN(Cc3nc(-c4ccc(Cl)cc4)no3)C2)c(Cl)c1. The lowest BCUT2D eigenvalue weighted by atomic mass is 9.97. The van der Waals surface area contributed by atoms with Gasteiger partial charge in [0.2, 0.25) is 17.6 Å². The van der Waals surface area contributed by atoms with Crippen molar-refractivity contribution < 1.29 is 18.8 Å². The van der Waals surface area contributed by atoms with Crippen molar-refractivity contribution in [3.05, 3.63) is 64.0 Å². The summed E-state index contributed by atoms with van der Waals surface area (Å²) in [5, 5.41) is 7.85. The van der Waals surface area contributed by atoms with E-state index in [-0.39, 0.29) is 23.5 Å². The molecule has 1 atom stereocenters. The summed E-state index contributed by atoms with van der Waals surface area (Å²) in [6, 6.07) is 11.9. The second-order valence-corrected chi connectivity index (χ2v) is 8.84. The zero-order chi connectivity index (χ0) is 24.1. The minimum absolute atomic E-state index is 0.122. The molecule has 8 nitrogen and oxygen atoms in total. The number of hydrogen-bond acceptors (Lipinski definition) is 7. The molecule has 1 fully saturated rings. The molecule has 2 aromatic carbocycles. The van der Waals surface area contributed by atoms with E-state index in [4.69, 9.17) is 32.5 Å². The topological polar surface area (TPSA) is 97.6 Å². The molecule has 0 saturated carbocycles. The third-order valence-corrected chi connectivity index (χ3v) is 6.11. The summed E-state index contributed by atoms with van der Waals surface area (Å²) in [6.07, 6.45) is 1.63. The Morgan fingerprint density at radius 1 is 1.21 bits per heavy atom. The van der Waals surface area contributed by atoms with Crippen LogP contribution in [0.4, 0.5) is 5.69 Å². The van der Waals surface area contributed by atoms with Crippen LogP contribution in [-0.4, -0.2) is 46.6 Å². The molecule has 10 heteroatoms. The smallest absolute Gasteiger partial charge is 0.338 e. The number of halogens is 2. The second kappa shape index (κ2) is 11.0. The van der Waals surface area contributed by atoms with Crippen molar-refractivity contribution in [2.75, 3.05) is 25.0 Å². The first-order valence-corrected chi connectivity index (χ1v) is 11.8. The normalized spacial score (nSPS) is 16.3. The molecular weight excluding hydrogens is 479 g/mol. The van der Waals surface area contributed by atoms with E-state index in [0.717, 1.165) is 24.9 Å². The maximum absolute atomic E-state index is 12.9. The first-order chi connectivity index (χ1) is 16.4. The first-order valence-electron chi connectivity index (χ1n) is 11.0. The lowest BCUT2D eigenvalue weighted by Crippen LogP contribution is -2.40. The Bertz CT molecular complexity index is 1170. The van der Waals surface area contributed by atoms with E-state index in [1.54, 1.807) is 31.2 Å². The molecule has 0 bridgehead atoms. The molecule has 1 unspecified atom stereocenters. The number of amides is 1. The number of carbonyl (C=O) groups excluding carboxylic acids is 2. The molecule has 1 aromatic heterocycles. The van der Waals surface area contributed by atoms with E-state index < -0.39 is 5.97 Å². The Morgan fingerprint density at radius 2 is 2.00 bits per heavy atom. The number of hydrogen-bond donors (Lipinski definition) is 1. The van der Waals surface area contributed by atoms with E-state index in [1.165, 1.54) is 6.07 Å². The van der Waals surface area contributed by atoms with Crippen LogP contribution in [0.2, 0.25) is 10.0 Å². The summed E-state index contributed by atoms with van der Waals surface area (Å²) in [4.78, 5) is 31.4. The summed E-state index contributed by atoms with van der Waals surface area (Å²) in [7, 11) is 0. The van der Waals surface area contributed by atoms with Gasteiger partial charge in [0.1, 0.15) is 0 Å². The molecular formula is C24H24Cl2N4O4. The summed E-state index contributed by atoms with van der Waals surface area (Å²) in [5.74, 6) is 0.198. The zero-order valence-corrected chi connectivity index (χ0v) is 20.1. The van der Waals surface area contributed by atoms with Gasteiger partial charge in [0.15, 0.2) is 0 Å². The van der Waals surface area contributed by atoms with Crippen molar-refractivity contribution >= 4 is 40.8 Å². The fourth-order valence-electron chi connectivity index (χ4n) is 3.83. The van der Waals surface area contributed by atoms with E-state index in [1.807, 2.05) is 12.1 Å². The zero-order valence-electron chi connectivity index (χ0n) is 18.6. The van der Waals surface area contributed by atoms with Gasteiger partial charge in [-0.05, 0) is 68.8 Å². The summed E-state index contributed by atoms with van der Waals surface area (Å²) < 4.78 is 10.4. The number of ether oxygens (including phenoxy) is 1. The number of benzene rings is 2. The lowest BCUT2D eigenvalue weighted by molar-refractivity contribution is -0.121. The van der Waals surface area contributed by atoms with Crippen LogP contribution in [0.15, 0.2) is 47.0 Å². The summed E-state index contributed by atoms with van der Waals surface area (Å²) in [6.45, 7) is 3.86. The molecule has 0 spiro atoms. The number of nitrogens with one attached hydrogen (secondary N) is 1. The quantitative estimate of drug-likeness (QED) is 0.450. The maximum Gasteiger partial charge on any atom is 0.338 e. The van der Waals surface area contributed by atoms with Gasteiger partial charge in [-0.1, -0.05) is 28.4 Å². The molecule has 34 heavy (non-hydrogen) atoms. The third-order valence-electron chi connectivity index (χ3n) is 5.54. The first kappa shape index (κ1) is 24.2. The number of nitrogens with zero attached hydrogens (tertiary/aromatic N) is 3. The van der Waals surface area contributed by atoms with E-state index in [2.05, 4.69) is 20.4 Å². The molecule has 4 rings (SSSR count). The number of anilines is 1. The van der Waals surface area contributed by atoms with Crippen LogP contribution in [0.25, 0.3) is 11.4 Å². The Balaban J connectivity index is 1.35. The highest BCUT2D eigenvalue weighted by Crippen LogP contribution is 2.26. The molecule has 1 N–H and O–H groups in total. The highest BCUT2D eigenvalue weighted by Gasteiger charge is 2.27. The van der Waals surface area contributed by atoms with Crippen LogP contribution < -0.4 is 5.32 Å². The van der Waals surface area contributed by atoms with Crippen molar-refractivity contribution in [1.29, 1.82) is 0 Å². The van der Waals surface area contributed by atoms with Crippen LogP contribution in [0, 0.1) is 5.92 Å². The van der Waals surface area contributed by atoms with Gasteiger partial charge in [0.05, 0.1) is 35.3 Å². The van der Waals surface area contributed by atoms with E-state index in [0.29, 0.717) is 41.1 Å². The number of rotatable bonds is 7. The van der Waals surface area contributed by atoms with Crippen LogP contribution >= 0.6 is 23.2 Å². The highest BCUT2D eigenvalue weighted by atomic mass is 35.5. The maximum atomic E-state index is 12.9. The average molecular weight is 503 g/mol. The largest absolute Gasteiger partial charge is 0.462 e. The molecule has 0 radical (unpaired) electrons. The molecule has 1 amide bonds. The fraction of sp³-hybridized carbons (Fsp3) is 0.333. The van der Waals surface area contributed by atoms with E-state index >= 15 is 0 Å². The van der Waals surface area contributed by atoms with Crippen molar-refractivity contribution in [2.45, 2.75) is 26.3 Å². The predicted molar refractivity (Wildman–Crippen MR) is 129 cm³/mol. The molecule has 0 aliphatic carbocycles. The number of piperidine rings is 1. The van der Waals surface area contributed by atoms with Crippen LogP contribution in [0.5, 0.6) is 0 Å². The monoisotopic (exact) mass is 502 g/mol. The van der Waals surface area contributed by atoms with Crippen LogP contribution in [-0.2, 0) is 16.1 Å². The molecule has 1 saturated heterocycles. The number of likely N-dealkylation sites (tertiary alicyclic amines) is 1. The minimum Gasteiger partial charge on any atom is -0.462 e. The van der Waals surface area contributed by atoms with Crippen molar-refractivity contribution in [3.63, 3.8) is 0 Å². The molecule has 3 aromatic rings. The van der Waals surface area contributed by atoms with Gasteiger partial charge in [-0.3, -0.25) is 9.69 Å². The fourth-order valence-corrected chi connectivity index (χ4v) is 4.19. The molecule has 1 aliphatic rings. The molecule has 2 heterocycles. The summed E-state index contributed by atoms with van der Waals surface area (Å²) >= 11 is 12.2. The standard InChI is InChI=1S/C24H24Cl2N4O4/c1-2-33-24(32)16-7-10-20(19(26)12-16)27-23(31)17-4-3-11-30(13-17)14-21-28-22(29-34-21)15-5-8-18(25)9-6-15/h5-10,12,17H,2-4,11,13-14H2,1H3,(H,27,31). The van der Waals surface area contributed by atoms with Gasteiger partial charge < -0.3 is 14.6 Å². The Kier molecular flexibility index (Phi) is 7.82. The Labute approximate surface area is 207 Å². The van der Waals surface area contributed by atoms with Crippen molar-refractivity contribution in [1.82, 2.24) is 15.0 Å². The van der Waals surface area contributed by atoms with Crippen molar-refractivity contribution in [3.8, 4) is 11.4 Å². The number of carbonyl (C=O) groups is 2. The van der Waals surface area contributed by atoms with Crippen LogP contribution in [0.1, 0.15) is 36.0 Å². The Hall–Kier alpha value is -2.94. The van der Waals surface area contributed by atoms with Crippen LogP contribution in [0.3, 0.4) is 0 Å². The molecule has 178 valence electrons. The molecule has 1 aliphatic heterocycles.